The molecule has 238 valence electrons. The summed E-state index contributed by atoms with van der Waals surface area (Å²) in [4.78, 5) is 41.8. The number of benzene rings is 2. The standard InChI is InChI=1S/C34H35ClFN6O4/c1-40-15-6-9-23(40)20-46-34-38-32-25(17-37-31(30(32)36)24-10-4-7-22-8-5-11-26(35)29(22)24)33(39-34)41(2)18-21-14-16-42(19-21)27(43)12-13-28(44)45-3/h4-5,7-8,10-13,17-18,21,23H,6,9,14-16,19-20H2,1-3H3/q+1/b13-12+,41-18?/t21?,23-/m0/s1. The average Bonchev–Trinajstić information content (AvgIpc) is 3.70. The van der Waals surface area contributed by atoms with E-state index in [0.717, 1.165) is 30.8 Å². The number of ether oxygens (including phenoxy) is 2. The summed E-state index contributed by atoms with van der Waals surface area (Å²) in [5.74, 6) is -1.02. The zero-order valence-electron chi connectivity index (χ0n) is 26.0. The first-order valence-corrected chi connectivity index (χ1v) is 15.6. The van der Waals surface area contributed by atoms with E-state index in [4.69, 9.17) is 21.3 Å². The summed E-state index contributed by atoms with van der Waals surface area (Å²) in [5, 5.41) is 2.50. The lowest BCUT2D eigenvalue weighted by Gasteiger charge is -2.18. The van der Waals surface area contributed by atoms with Crippen LogP contribution in [0.1, 0.15) is 19.3 Å². The Morgan fingerprint density at radius 1 is 1.13 bits per heavy atom. The molecule has 0 bridgehead atoms. The van der Waals surface area contributed by atoms with Gasteiger partial charge in [0.15, 0.2) is 5.82 Å². The van der Waals surface area contributed by atoms with Crippen LogP contribution in [0.3, 0.4) is 0 Å². The number of hydrogen-bond donors (Lipinski definition) is 0. The topological polar surface area (TPSA) is 101 Å². The predicted molar refractivity (Wildman–Crippen MR) is 174 cm³/mol. The lowest BCUT2D eigenvalue weighted by atomic mass is 10.0. The van der Waals surface area contributed by atoms with Crippen molar-refractivity contribution in [3.8, 4) is 17.3 Å². The van der Waals surface area contributed by atoms with Crippen LogP contribution in [-0.4, -0.2) is 101 Å². The van der Waals surface area contributed by atoms with Gasteiger partial charge < -0.3 is 19.3 Å². The summed E-state index contributed by atoms with van der Waals surface area (Å²) in [5.41, 5.74) is 0.786. The van der Waals surface area contributed by atoms with E-state index in [9.17, 15) is 9.59 Å². The van der Waals surface area contributed by atoms with Gasteiger partial charge in [0.25, 0.3) is 0 Å². The Bertz CT molecular complexity index is 1880. The van der Waals surface area contributed by atoms with E-state index in [1.165, 1.54) is 13.2 Å². The molecule has 2 atom stereocenters. The highest BCUT2D eigenvalue weighted by molar-refractivity contribution is 6.36. The molecule has 2 fully saturated rings. The third kappa shape index (κ3) is 6.43. The lowest BCUT2D eigenvalue weighted by Crippen LogP contribution is -2.31. The van der Waals surface area contributed by atoms with Crippen molar-refractivity contribution in [1.82, 2.24) is 24.8 Å². The minimum Gasteiger partial charge on any atom is -0.466 e. The van der Waals surface area contributed by atoms with E-state index in [1.54, 1.807) is 23.2 Å². The van der Waals surface area contributed by atoms with Crippen molar-refractivity contribution in [3.05, 3.63) is 65.6 Å². The van der Waals surface area contributed by atoms with Crippen LogP contribution in [-0.2, 0) is 14.3 Å². The number of carbonyl (C=O) groups excluding carboxylic acids is 2. The molecule has 10 nitrogen and oxygen atoms in total. The number of hydrogen-bond acceptors (Lipinski definition) is 8. The maximum atomic E-state index is 16.6. The quantitative estimate of drug-likeness (QED) is 0.114. The third-order valence-electron chi connectivity index (χ3n) is 8.70. The monoisotopic (exact) mass is 645 g/mol. The number of amides is 1. The predicted octanol–water partition coefficient (Wildman–Crippen LogP) is 5.03. The number of rotatable bonds is 8. The number of halogens is 2. The number of carbonyl (C=O) groups is 2. The molecule has 1 amide bonds. The van der Waals surface area contributed by atoms with Crippen molar-refractivity contribution >= 4 is 57.2 Å². The average molecular weight is 646 g/mol. The van der Waals surface area contributed by atoms with Gasteiger partial charge in [-0.05, 0) is 44.3 Å². The molecule has 4 aromatic rings. The molecule has 2 saturated heterocycles. The normalized spacial score (nSPS) is 19.1. The molecule has 12 heteroatoms. The summed E-state index contributed by atoms with van der Waals surface area (Å²) in [7, 11) is 5.15. The molecule has 1 unspecified atom stereocenters. The fourth-order valence-electron chi connectivity index (χ4n) is 6.20. The Kier molecular flexibility index (Phi) is 9.23. The zero-order valence-corrected chi connectivity index (χ0v) is 26.7. The highest BCUT2D eigenvalue weighted by atomic mass is 35.5. The van der Waals surface area contributed by atoms with Gasteiger partial charge in [-0.15, -0.1) is 0 Å². The SMILES string of the molecule is COC(=O)/C=C/C(=O)N1CCC(C=[N+](C)c2nc(OC[C@@H]3CCCN3C)nc3c(F)c(-c4cccc5cccc(Cl)c45)ncc23)C1. The molecule has 2 aliphatic rings. The smallest absolute Gasteiger partial charge is 0.434 e. The Morgan fingerprint density at radius 2 is 1.93 bits per heavy atom. The van der Waals surface area contributed by atoms with Crippen LogP contribution in [0.4, 0.5) is 10.2 Å². The van der Waals surface area contributed by atoms with Crippen LogP contribution in [0.5, 0.6) is 6.01 Å². The maximum absolute atomic E-state index is 16.6. The van der Waals surface area contributed by atoms with Crippen LogP contribution in [0.15, 0.2) is 54.7 Å². The van der Waals surface area contributed by atoms with Gasteiger partial charge in [0, 0.05) is 64.4 Å². The Labute approximate surface area is 271 Å². The molecule has 0 spiro atoms. The number of methoxy groups -OCH3 is 1. The number of pyridine rings is 1. The summed E-state index contributed by atoms with van der Waals surface area (Å²) in [6, 6.07) is 11.4. The number of likely N-dealkylation sites (N-methyl/N-ethyl adjacent to an activating group) is 1. The van der Waals surface area contributed by atoms with E-state index in [1.807, 2.05) is 42.1 Å². The molecule has 2 aromatic heterocycles. The first-order valence-electron chi connectivity index (χ1n) is 15.2. The van der Waals surface area contributed by atoms with Crippen molar-refractivity contribution in [2.45, 2.75) is 25.3 Å². The molecule has 46 heavy (non-hydrogen) atoms. The summed E-state index contributed by atoms with van der Waals surface area (Å²) in [6.07, 6.45) is 8.68. The van der Waals surface area contributed by atoms with Gasteiger partial charge in [-0.3, -0.25) is 9.78 Å². The number of fused-ring (bicyclic) bond motifs is 2. The molecular weight excluding hydrogens is 611 g/mol. The van der Waals surface area contributed by atoms with E-state index >= 15 is 4.39 Å². The highest BCUT2D eigenvalue weighted by Crippen LogP contribution is 2.37. The third-order valence-corrected chi connectivity index (χ3v) is 9.01. The van der Waals surface area contributed by atoms with Crippen LogP contribution in [0.25, 0.3) is 32.9 Å². The first kappa shape index (κ1) is 31.5. The van der Waals surface area contributed by atoms with Crippen molar-refractivity contribution in [2.75, 3.05) is 47.4 Å². The summed E-state index contributed by atoms with van der Waals surface area (Å²) in [6.45, 7) is 2.35. The van der Waals surface area contributed by atoms with Crippen LogP contribution in [0.2, 0.25) is 5.02 Å². The largest absolute Gasteiger partial charge is 0.466 e. The van der Waals surface area contributed by atoms with Gasteiger partial charge in [0.05, 0.1) is 20.4 Å². The van der Waals surface area contributed by atoms with Gasteiger partial charge in [0.2, 0.25) is 5.91 Å². The van der Waals surface area contributed by atoms with E-state index in [0.29, 0.717) is 53.3 Å². The Hall–Kier alpha value is -4.48. The second-order valence-corrected chi connectivity index (χ2v) is 12.1. The molecule has 0 saturated carbocycles. The van der Waals surface area contributed by atoms with Gasteiger partial charge >= 0.3 is 17.8 Å². The molecule has 0 radical (unpaired) electrons. The van der Waals surface area contributed by atoms with Crippen LogP contribution < -0.4 is 4.74 Å². The van der Waals surface area contributed by atoms with E-state index in [-0.39, 0.29) is 35.1 Å². The van der Waals surface area contributed by atoms with Gasteiger partial charge in [-0.1, -0.05) is 41.9 Å². The molecular formula is C34H35ClFN6O4+. The number of esters is 1. The Morgan fingerprint density at radius 3 is 2.70 bits per heavy atom. The van der Waals surface area contributed by atoms with E-state index in [2.05, 4.69) is 26.7 Å². The minimum absolute atomic E-state index is 0.00287. The highest BCUT2D eigenvalue weighted by Gasteiger charge is 2.29. The summed E-state index contributed by atoms with van der Waals surface area (Å²) >= 11 is 6.58. The molecule has 4 heterocycles. The Balaban J connectivity index is 1.38. The first-order chi connectivity index (χ1) is 22.2. The number of aromatic nitrogens is 3. The zero-order chi connectivity index (χ0) is 32.4. The lowest BCUT2D eigenvalue weighted by molar-refractivity contribution is -0.405. The van der Waals surface area contributed by atoms with Crippen molar-refractivity contribution in [3.63, 3.8) is 0 Å². The fourth-order valence-corrected chi connectivity index (χ4v) is 6.49. The van der Waals surface area contributed by atoms with Gasteiger partial charge in [0.1, 0.15) is 23.2 Å². The summed E-state index contributed by atoms with van der Waals surface area (Å²) < 4.78 is 29.1. The molecule has 2 aliphatic heterocycles. The molecule has 0 N–H and O–H groups in total. The molecule has 0 aliphatic carbocycles. The maximum Gasteiger partial charge on any atom is 0.434 e. The van der Waals surface area contributed by atoms with E-state index < -0.39 is 11.8 Å². The van der Waals surface area contributed by atoms with Gasteiger partial charge in [-0.2, -0.15) is 4.98 Å². The van der Waals surface area contributed by atoms with Crippen LogP contribution >= 0.6 is 11.6 Å². The van der Waals surface area contributed by atoms with Crippen molar-refractivity contribution < 1.29 is 28.0 Å². The minimum atomic E-state index is -0.597. The molecule has 2 aromatic carbocycles. The molecule has 6 rings (SSSR count). The van der Waals surface area contributed by atoms with Crippen molar-refractivity contribution in [2.24, 2.45) is 5.92 Å². The van der Waals surface area contributed by atoms with Gasteiger partial charge in [-0.25, -0.2) is 13.8 Å². The number of likely N-dealkylation sites (tertiary alicyclic amines) is 2. The fraction of sp³-hybridized carbons (Fsp3) is 0.353. The van der Waals surface area contributed by atoms with Crippen molar-refractivity contribution in [1.29, 1.82) is 0 Å². The second kappa shape index (κ2) is 13.5. The second-order valence-electron chi connectivity index (χ2n) is 11.7. The number of nitrogens with zero attached hydrogens (tertiary/aromatic N) is 6. The van der Waals surface area contributed by atoms with Crippen LogP contribution in [0, 0.1) is 11.7 Å².